The van der Waals surface area contributed by atoms with Gasteiger partial charge in [0.25, 0.3) is 0 Å². The number of unbranched alkanes of at least 4 members (excludes halogenated alkanes) is 5. The average Bonchev–Trinajstić information content (AvgIpc) is 2.88. The molecule has 2 fully saturated rings. The van der Waals surface area contributed by atoms with Gasteiger partial charge >= 0.3 is 0 Å². The zero-order chi connectivity index (χ0) is 27.4. The van der Waals surface area contributed by atoms with Gasteiger partial charge in [-0.15, -0.1) is 0 Å². The van der Waals surface area contributed by atoms with Gasteiger partial charge in [-0.2, -0.15) is 0 Å². The van der Waals surface area contributed by atoms with Crippen LogP contribution in [0.1, 0.15) is 65.7 Å². The van der Waals surface area contributed by atoms with Crippen molar-refractivity contribution in [2.24, 2.45) is 0 Å². The highest BCUT2D eigenvalue weighted by molar-refractivity contribution is 5.73. The van der Waals surface area contributed by atoms with Crippen molar-refractivity contribution in [3.63, 3.8) is 0 Å². The average molecular weight is 538 g/mol. The standard InChI is InChI=1S/C25H47NO11/c1-4-6-7-8-9-10-12-34-24-18(26-15(3)29)22(20(31)17(14-28)35-24)37-25-23(33-11-5-2)21(32)19(30)16(13-27)36-25/h16-25,27-28,30-32H,4-14H2,1-3H3,(H,26,29)/t16-,17-,18-,19+,20-,21+,22-,23-,24-,25+/m1/s1. The molecule has 0 unspecified atom stereocenters. The normalized spacial score (nSPS) is 36.4. The molecule has 10 atom stereocenters. The van der Waals surface area contributed by atoms with E-state index >= 15 is 0 Å². The van der Waals surface area contributed by atoms with Crippen LogP contribution in [0.2, 0.25) is 0 Å². The summed E-state index contributed by atoms with van der Waals surface area (Å²) in [6.45, 7) is 4.77. The molecule has 0 saturated carbocycles. The predicted molar refractivity (Wildman–Crippen MR) is 131 cm³/mol. The summed E-state index contributed by atoms with van der Waals surface area (Å²) in [5.74, 6) is -0.419. The minimum Gasteiger partial charge on any atom is -0.394 e. The second-order valence-electron chi connectivity index (χ2n) is 9.72. The van der Waals surface area contributed by atoms with E-state index in [4.69, 9.17) is 23.7 Å². The first-order valence-corrected chi connectivity index (χ1v) is 13.5. The zero-order valence-electron chi connectivity index (χ0n) is 22.2. The molecule has 37 heavy (non-hydrogen) atoms. The number of carbonyl (C=O) groups excluding carboxylic acids is 1. The smallest absolute Gasteiger partial charge is 0.217 e. The molecule has 2 rings (SSSR count). The van der Waals surface area contributed by atoms with Gasteiger partial charge in [0, 0.05) is 20.1 Å². The second kappa shape index (κ2) is 16.9. The molecule has 2 aliphatic rings. The lowest BCUT2D eigenvalue weighted by molar-refractivity contribution is -0.349. The van der Waals surface area contributed by atoms with E-state index in [1.165, 1.54) is 13.3 Å². The Kier molecular flexibility index (Phi) is 14.8. The Morgan fingerprint density at radius 2 is 1.38 bits per heavy atom. The Morgan fingerprint density at radius 1 is 0.757 bits per heavy atom. The molecular formula is C25H47NO11. The molecule has 2 heterocycles. The van der Waals surface area contributed by atoms with Crippen LogP contribution >= 0.6 is 0 Å². The summed E-state index contributed by atoms with van der Waals surface area (Å²) < 4.78 is 29.2. The van der Waals surface area contributed by atoms with E-state index in [9.17, 15) is 30.3 Å². The summed E-state index contributed by atoms with van der Waals surface area (Å²) in [5.41, 5.74) is 0. The molecule has 0 aliphatic carbocycles. The highest BCUT2D eigenvalue weighted by Gasteiger charge is 2.52. The van der Waals surface area contributed by atoms with Crippen LogP contribution in [0.25, 0.3) is 0 Å². The number of hydrogen-bond donors (Lipinski definition) is 6. The van der Waals surface area contributed by atoms with Crippen LogP contribution in [0.15, 0.2) is 0 Å². The Labute approximate surface area is 219 Å². The molecule has 0 spiro atoms. The van der Waals surface area contributed by atoms with Crippen LogP contribution < -0.4 is 5.32 Å². The third-order valence-electron chi connectivity index (χ3n) is 6.63. The number of aliphatic hydroxyl groups excluding tert-OH is 5. The van der Waals surface area contributed by atoms with Crippen molar-refractivity contribution in [2.75, 3.05) is 26.4 Å². The SMILES string of the molecule is CCCCCCCCO[C@@H]1O[C@H](CO)[C@@H](O)[C@H](O[C@@H]2O[C@H](CO)[C@H](O)[C@H](O)[C@H]2OCCC)[C@H]1NC(C)=O. The van der Waals surface area contributed by atoms with Crippen LogP contribution in [0, 0.1) is 0 Å². The van der Waals surface area contributed by atoms with Gasteiger partial charge in [0.1, 0.15) is 48.8 Å². The first-order valence-electron chi connectivity index (χ1n) is 13.5. The van der Waals surface area contributed by atoms with E-state index in [1.807, 2.05) is 6.92 Å². The maximum absolute atomic E-state index is 12.1. The number of rotatable bonds is 16. The number of carbonyl (C=O) groups is 1. The van der Waals surface area contributed by atoms with Gasteiger partial charge in [0.05, 0.1) is 13.2 Å². The molecular weight excluding hydrogens is 490 g/mol. The summed E-state index contributed by atoms with van der Waals surface area (Å²) in [7, 11) is 0. The van der Waals surface area contributed by atoms with Gasteiger partial charge in [-0.1, -0.05) is 46.0 Å². The Morgan fingerprint density at radius 3 is 2.00 bits per heavy atom. The van der Waals surface area contributed by atoms with Crippen LogP contribution in [-0.2, 0) is 28.5 Å². The zero-order valence-corrected chi connectivity index (χ0v) is 22.2. The number of aliphatic hydroxyl groups is 5. The summed E-state index contributed by atoms with van der Waals surface area (Å²) in [6.07, 6.45) is -4.24. The molecule has 1 amide bonds. The van der Waals surface area contributed by atoms with Gasteiger partial charge in [0.2, 0.25) is 5.91 Å². The highest BCUT2D eigenvalue weighted by atomic mass is 16.7. The lowest BCUT2D eigenvalue weighted by atomic mass is 9.95. The van der Waals surface area contributed by atoms with Crippen molar-refractivity contribution < 1.29 is 54.0 Å². The van der Waals surface area contributed by atoms with E-state index in [2.05, 4.69) is 12.2 Å². The molecule has 0 aromatic heterocycles. The molecule has 12 nitrogen and oxygen atoms in total. The quantitative estimate of drug-likeness (QED) is 0.141. The van der Waals surface area contributed by atoms with E-state index in [1.54, 1.807) is 0 Å². The highest BCUT2D eigenvalue weighted by Crippen LogP contribution is 2.31. The summed E-state index contributed by atoms with van der Waals surface area (Å²) in [6, 6.07) is -0.984. The summed E-state index contributed by atoms with van der Waals surface area (Å²) in [5, 5.41) is 54.1. The van der Waals surface area contributed by atoms with E-state index in [0.717, 1.165) is 32.1 Å². The molecule has 0 aromatic carbocycles. The molecule has 6 N–H and O–H groups in total. The predicted octanol–water partition coefficient (Wildman–Crippen LogP) is -0.434. The van der Waals surface area contributed by atoms with Crippen molar-refractivity contribution in [3.05, 3.63) is 0 Å². The molecule has 2 saturated heterocycles. The van der Waals surface area contributed by atoms with Crippen molar-refractivity contribution in [2.45, 2.75) is 127 Å². The van der Waals surface area contributed by atoms with Crippen molar-refractivity contribution in [1.29, 1.82) is 0 Å². The lowest BCUT2D eigenvalue weighted by Crippen LogP contribution is -2.68. The maximum atomic E-state index is 12.1. The van der Waals surface area contributed by atoms with Gasteiger partial charge in [0.15, 0.2) is 12.6 Å². The van der Waals surface area contributed by atoms with Gasteiger partial charge in [-0.05, 0) is 12.8 Å². The monoisotopic (exact) mass is 537 g/mol. The molecule has 0 bridgehead atoms. The summed E-state index contributed by atoms with van der Waals surface area (Å²) >= 11 is 0. The molecule has 2 aliphatic heterocycles. The first-order chi connectivity index (χ1) is 17.8. The first kappa shape index (κ1) is 32.3. The lowest BCUT2D eigenvalue weighted by Gasteiger charge is -2.48. The fraction of sp³-hybridized carbons (Fsp3) is 0.960. The molecule has 0 aromatic rings. The Bertz CT molecular complexity index is 642. The van der Waals surface area contributed by atoms with E-state index < -0.39 is 80.5 Å². The van der Waals surface area contributed by atoms with Crippen LogP contribution in [0.3, 0.4) is 0 Å². The molecule has 12 heteroatoms. The fourth-order valence-electron chi connectivity index (χ4n) is 4.59. The van der Waals surface area contributed by atoms with E-state index in [0.29, 0.717) is 13.0 Å². The minimum absolute atomic E-state index is 0.232. The number of ether oxygens (including phenoxy) is 5. The number of amides is 1. The van der Waals surface area contributed by atoms with Crippen LogP contribution in [0.4, 0.5) is 0 Å². The number of nitrogens with one attached hydrogen (secondary N) is 1. The third kappa shape index (κ3) is 9.34. The Balaban J connectivity index is 2.20. The minimum atomic E-state index is -1.44. The van der Waals surface area contributed by atoms with Crippen molar-refractivity contribution >= 4 is 5.91 Å². The maximum Gasteiger partial charge on any atom is 0.217 e. The van der Waals surface area contributed by atoms with Gasteiger partial charge in [-0.3, -0.25) is 4.79 Å². The van der Waals surface area contributed by atoms with Crippen LogP contribution in [-0.4, -0.2) is 119 Å². The van der Waals surface area contributed by atoms with Gasteiger partial charge in [-0.25, -0.2) is 0 Å². The third-order valence-corrected chi connectivity index (χ3v) is 6.63. The summed E-state index contributed by atoms with van der Waals surface area (Å²) in [4.78, 5) is 12.1. The van der Waals surface area contributed by atoms with Gasteiger partial charge < -0.3 is 54.5 Å². The topological polar surface area (TPSA) is 176 Å². The molecule has 0 radical (unpaired) electrons. The second-order valence-corrected chi connectivity index (χ2v) is 9.72. The molecule has 218 valence electrons. The van der Waals surface area contributed by atoms with Crippen molar-refractivity contribution in [3.8, 4) is 0 Å². The van der Waals surface area contributed by atoms with Crippen LogP contribution in [0.5, 0.6) is 0 Å². The van der Waals surface area contributed by atoms with E-state index in [-0.39, 0.29) is 6.61 Å². The Hall–Kier alpha value is -0.930. The largest absolute Gasteiger partial charge is 0.394 e. The fourth-order valence-corrected chi connectivity index (χ4v) is 4.59. The van der Waals surface area contributed by atoms with Crippen molar-refractivity contribution in [1.82, 2.24) is 5.32 Å². The number of hydrogen-bond acceptors (Lipinski definition) is 11.